The molecule has 0 unspecified atom stereocenters. The van der Waals surface area contributed by atoms with Gasteiger partial charge in [-0.1, -0.05) is 12.1 Å². The molecular weight excluding hydrogens is 339 g/mol. The lowest BCUT2D eigenvalue weighted by molar-refractivity contribution is -0.115. The van der Waals surface area contributed by atoms with Crippen LogP contribution in [0.15, 0.2) is 30.5 Å². The Morgan fingerprint density at radius 1 is 1.28 bits per heavy atom. The van der Waals surface area contributed by atoms with Gasteiger partial charge in [0, 0.05) is 35.8 Å². The van der Waals surface area contributed by atoms with E-state index >= 15 is 0 Å². The number of anilines is 1. The average Bonchev–Trinajstić information content (AvgIpc) is 3.09. The molecule has 0 radical (unpaired) electrons. The van der Waals surface area contributed by atoms with Crippen LogP contribution < -0.4 is 5.32 Å². The minimum absolute atomic E-state index is 0.109. The highest BCUT2D eigenvalue weighted by atomic mass is 32.1. The van der Waals surface area contributed by atoms with E-state index in [1.807, 2.05) is 20.9 Å². The van der Waals surface area contributed by atoms with E-state index in [1.165, 1.54) is 23.5 Å². The molecule has 1 N–H and O–H groups in total. The highest BCUT2D eigenvalue weighted by molar-refractivity contribution is 7.15. The van der Waals surface area contributed by atoms with Gasteiger partial charge in [-0.25, -0.2) is 9.37 Å². The monoisotopic (exact) mass is 358 g/mol. The van der Waals surface area contributed by atoms with Gasteiger partial charge in [0.2, 0.25) is 5.91 Å². The van der Waals surface area contributed by atoms with Crippen LogP contribution in [0, 0.1) is 19.7 Å². The number of amides is 1. The van der Waals surface area contributed by atoms with Gasteiger partial charge in [-0.2, -0.15) is 5.10 Å². The molecule has 0 spiro atoms. The van der Waals surface area contributed by atoms with Crippen molar-refractivity contribution >= 4 is 22.4 Å². The van der Waals surface area contributed by atoms with E-state index in [4.69, 9.17) is 0 Å². The Kier molecular flexibility index (Phi) is 4.94. The second-order valence-corrected chi connectivity index (χ2v) is 7.05. The average molecular weight is 358 g/mol. The summed E-state index contributed by atoms with van der Waals surface area (Å²) in [4.78, 5) is 17.5. The molecule has 7 heteroatoms. The molecule has 1 amide bonds. The topological polar surface area (TPSA) is 59.8 Å². The van der Waals surface area contributed by atoms with E-state index in [-0.39, 0.29) is 18.1 Å². The summed E-state index contributed by atoms with van der Waals surface area (Å²) in [7, 11) is 1.87. The third kappa shape index (κ3) is 4.11. The summed E-state index contributed by atoms with van der Waals surface area (Å²) >= 11 is 1.43. The molecule has 3 rings (SSSR count). The molecular formula is C18H19FN4OS. The molecule has 2 heterocycles. The SMILES string of the molecule is Cc1nn(C)c(C)c1CC(=O)Nc1ncc(Cc2ccc(F)cc2)s1. The number of nitrogens with one attached hydrogen (secondary N) is 1. The zero-order chi connectivity index (χ0) is 18.0. The number of carbonyl (C=O) groups is 1. The molecule has 130 valence electrons. The van der Waals surface area contributed by atoms with Gasteiger partial charge in [-0.05, 0) is 31.5 Å². The second kappa shape index (κ2) is 7.14. The predicted molar refractivity (Wildman–Crippen MR) is 96.3 cm³/mol. The van der Waals surface area contributed by atoms with Crippen molar-refractivity contribution in [1.29, 1.82) is 0 Å². The number of aromatic nitrogens is 3. The van der Waals surface area contributed by atoms with Crippen molar-refractivity contribution < 1.29 is 9.18 Å². The van der Waals surface area contributed by atoms with Gasteiger partial charge in [-0.15, -0.1) is 11.3 Å². The minimum atomic E-state index is -0.248. The summed E-state index contributed by atoms with van der Waals surface area (Å²) in [6.45, 7) is 3.85. The molecule has 3 aromatic rings. The Balaban J connectivity index is 1.62. The second-order valence-electron chi connectivity index (χ2n) is 5.93. The highest BCUT2D eigenvalue weighted by Crippen LogP contribution is 2.22. The van der Waals surface area contributed by atoms with E-state index < -0.39 is 0 Å². The number of halogens is 1. The zero-order valence-corrected chi connectivity index (χ0v) is 15.2. The number of hydrogen-bond donors (Lipinski definition) is 1. The fourth-order valence-corrected chi connectivity index (χ4v) is 3.51. The third-order valence-corrected chi connectivity index (χ3v) is 5.00. The quantitative estimate of drug-likeness (QED) is 0.760. The molecule has 5 nitrogen and oxygen atoms in total. The molecule has 25 heavy (non-hydrogen) atoms. The summed E-state index contributed by atoms with van der Waals surface area (Å²) in [5.74, 6) is -0.358. The third-order valence-electron chi connectivity index (χ3n) is 4.09. The number of hydrogen-bond acceptors (Lipinski definition) is 4. The minimum Gasteiger partial charge on any atom is -0.302 e. The molecule has 2 aromatic heterocycles. The summed E-state index contributed by atoms with van der Waals surface area (Å²) in [6.07, 6.45) is 2.68. The first-order chi connectivity index (χ1) is 11.9. The van der Waals surface area contributed by atoms with Crippen LogP contribution in [0.2, 0.25) is 0 Å². The fourth-order valence-electron chi connectivity index (χ4n) is 2.65. The van der Waals surface area contributed by atoms with Gasteiger partial charge in [0.05, 0.1) is 12.1 Å². The Labute approximate surface area is 149 Å². The first-order valence-corrected chi connectivity index (χ1v) is 8.72. The van der Waals surface area contributed by atoms with Crippen molar-refractivity contribution in [1.82, 2.24) is 14.8 Å². The van der Waals surface area contributed by atoms with Crippen LogP contribution in [-0.4, -0.2) is 20.7 Å². The van der Waals surface area contributed by atoms with E-state index in [0.717, 1.165) is 27.4 Å². The van der Waals surface area contributed by atoms with Crippen LogP contribution in [0.3, 0.4) is 0 Å². The molecule has 0 aliphatic carbocycles. The van der Waals surface area contributed by atoms with Gasteiger partial charge < -0.3 is 5.32 Å². The predicted octanol–water partition coefficient (Wildman–Crippen LogP) is 3.40. The summed E-state index contributed by atoms with van der Waals surface area (Å²) in [5, 5.41) is 7.74. The van der Waals surface area contributed by atoms with Crippen molar-refractivity contribution in [3.8, 4) is 0 Å². The maximum Gasteiger partial charge on any atom is 0.230 e. The van der Waals surface area contributed by atoms with Crippen molar-refractivity contribution in [2.45, 2.75) is 26.7 Å². The maximum atomic E-state index is 12.9. The van der Waals surface area contributed by atoms with Crippen LogP contribution in [-0.2, 0) is 24.7 Å². The van der Waals surface area contributed by atoms with Gasteiger partial charge in [-0.3, -0.25) is 9.48 Å². The molecule has 0 atom stereocenters. The van der Waals surface area contributed by atoms with Crippen LogP contribution in [0.1, 0.15) is 27.4 Å². The van der Waals surface area contributed by atoms with Crippen molar-refractivity contribution in [2.24, 2.45) is 7.05 Å². The Hall–Kier alpha value is -2.54. The van der Waals surface area contributed by atoms with Crippen LogP contribution in [0.25, 0.3) is 0 Å². The van der Waals surface area contributed by atoms with Gasteiger partial charge in [0.1, 0.15) is 5.82 Å². The Morgan fingerprint density at radius 2 is 2.00 bits per heavy atom. The van der Waals surface area contributed by atoms with Crippen molar-refractivity contribution in [3.05, 3.63) is 63.7 Å². The lowest BCUT2D eigenvalue weighted by Gasteiger charge is -2.02. The van der Waals surface area contributed by atoms with Crippen molar-refractivity contribution in [3.63, 3.8) is 0 Å². The summed E-state index contributed by atoms with van der Waals surface area (Å²) < 4.78 is 14.7. The van der Waals surface area contributed by atoms with Gasteiger partial charge in [0.25, 0.3) is 0 Å². The Morgan fingerprint density at radius 3 is 2.64 bits per heavy atom. The molecule has 0 aliphatic rings. The number of thiazole rings is 1. The molecule has 1 aromatic carbocycles. The number of nitrogens with zero attached hydrogens (tertiary/aromatic N) is 3. The summed E-state index contributed by atoms with van der Waals surface area (Å²) in [6, 6.07) is 6.39. The van der Waals surface area contributed by atoms with E-state index in [0.29, 0.717) is 11.6 Å². The molecule has 0 bridgehead atoms. The number of benzene rings is 1. The van der Waals surface area contributed by atoms with Crippen LogP contribution >= 0.6 is 11.3 Å². The van der Waals surface area contributed by atoms with Crippen molar-refractivity contribution in [2.75, 3.05) is 5.32 Å². The molecule has 0 fully saturated rings. The number of aryl methyl sites for hydroxylation is 2. The van der Waals surface area contributed by atoms with E-state index in [1.54, 1.807) is 23.0 Å². The largest absolute Gasteiger partial charge is 0.302 e. The number of carbonyl (C=O) groups excluding carboxylic acids is 1. The number of rotatable bonds is 5. The lowest BCUT2D eigenvalue weighted by atomic mass is 10.1. The first kappa shape index (κ1) is 17.3. The summed E-state index contributed by atoms with van der Waals surface area (Å²) in [5.41, 5.74) is 3.81. The van der Waals surface area contributed by atoms with Crippen LogP contribution in [0.5, 0.6) is 0 Å². The molecule has 0 aliphatic heterocycles. The fraction of sp³-hybridized carbons (Fsp3) is 0.278. The van der Waals surface area contributed by atoms with Gasteiger partial charge >= 0.3 is 0 Å². The van der Waals surface area contributed by atoms with E-state index in [9.17, 15) is 9.18 Å². The maximum absolute atomic E-state index is 12.9. The Bertz CT molecular complexity index is 898. The molecule has 0 saturated carbocycles. The lowest BCUT2D eigenvalue weighted by Crippen LogP contribution is -2.15. The standard InChI is InChI=1S/C18H19FN4OS/c1-11-16(12(2)23(3)22-11)9-17(24)21-18-20-10-15(25-18)8-13-4-6-14(19)7-5-13/h4-7,10H,8-9H2,1-3H3,(H,20,21,24). The molecule has 0 saturated heterocycles. The van der Waals surface area contributed by atoms with Crippen LogP contribution in [0.4, 0.5) is 9.52 Å². The smallest absolute Gasteiger partial charge is 0.230 e. The zero-order valence-electron chi connectivity index (χ0n) is 14.3. The van der Waals surface area contributed by atoms with E-state index in [2.05, 4.69) is 15.4 Å². The highest BCUT2D eigenvalue weighted by Gasteiger charge is 2.14. The normalized spacial score (nSPS) is 10.9. The first-order valence-electron chi connectivity index (χ1n) is 7.90. The van der Waals surface area contributed by atoms with Gasteiger partial charge in [0.15, 0.2) is 5.13 Å².